The maximum absolute atomic E-state index is 12.2. The molecule has 0 saturated carbocycles. The van der Waals surface area contributed by atoms with Crippen molar-refractivity contribution < 1.29 is 0 Å². The van der Waals surface area contributed by atoms with Crippen molar-refractivity contribution in [3.05, 3.63) is 52.6 Å². The Hall–Kier alpha value is -2.61. The highest BCUT2D eigenvalue weighted by atomic mass is 16.1. The number of anilines is 2. The summed E-state index contributed by atoms with van der Waals surface area (Å²) in [6.07, 6.45) is 3.26. The van der Waals surface area contributed by atoms with Gasteiger partial charge in [0, 0.05) is 31.7 Å². The Morgan fingerprint density at radius 1 is 1.47 bits per heavy atom. The van der Waals surface area contributed by atoms with Crippen LogP contribution in [-0.4, -0.2) is 16.6 Å². The van der Waals surface area contributed by atoms with Gasteiger partial charge in [0.25, 0.3) is 5.56 Å². The van der Waals surface area contributed by atoms with E-state index in [1.807, 2.05) is 13.0 Å². The molecule has 0 aliphatic heterocycles. The van der Waals surface area contributed by atoms with Crippen LogP contribution >= 0.6 is 0 Å². The van der Waals surface area contributed by atoms with Gasteiger partial charge in [-0.05, 0) is 25.1 Å². The molecule has 0 bridgehead atoms. The predicted octanol–water partition coefficient (Wildman–Crippen LogP) is 1.90. The smallest absolute Gasteiger partial charge is 0.293 e. The standard InChI is InChI=1S/C14H14N4O/c1-3-18-8-7-16-13(14(18)19)17(2)12-6-4-5-11(9-12)10-15/h4-9H,3H2,1-2H3. The maximum Gasteiger partial charge on any atom is 0.293 e. The van der Waals surface area contributed by atoms with E-state index in [1.54, 1.807) is 47.1 Å². The van der Waals surface area contributed by atoms with Crippen molar-refractivity contribution in [2.24, 2.45) is 0 Å². The van der Waals surface area contributed by atoms with Crippen LogP contribution in [0.3, 0.4) is 0 Å². The number of hydrogen-bond acceptors (Lipinski definition) is 4. The van der Waals surface area contributed by atoms with Crippen LogP contribution in [0.1, 0.15) is 12.5 Å². The van der Waals surface area contributed by atoms with Crippen molar-refractivity contribution in [2.45, 2.75) is 13.5 Å². The Morgan fingerprint density at radius 3 is 2.95 bits per heavy atom. The molecule has 96 valence electrons. The molecule has 0 saturated heterocycles. The molecule has 0 unspecified atom stereocenters. The molecular weight excluding hydrogens is 240 g/mol. The van der Waals surface area contributed by atoms with Gasteiger partial charge in [0.1, 0.15) is 0 Å². The van der Waals surface area contributed by atoms with Gasteiger partial charge in [0.2, 0.25) is 0 Å². The van der Waals surface area contributed by atoms with E-state index in [9.17, 15) is 4.79 Å². The molecule has 5 heteroatoms. The van der Waals surface area contributed by atoms with Crippen molar-refractivity contribution in [3.8, 4) is 6.07 Å². The molecule has 0 N–H and O–H groups in total. The summed E-state index contributed by atoms with van der Waals surface area (Å²) in [7, 11) is 1.76. The van der Waals surface area contributed by atoms with Gasteiger partial charge < -0.3 is 9.47 Å². The fourth-order valence-corrected chi connectivity index (χ4v) is 1.82. The topological polar surface area (TPSA) is 61.9 Å². The van der Waals surface area contributed by atoms with Crippen LogP contribution < -0.4 is 10.5 Å². The van der Waals surface area contributed by atoms with Gasteiger partial charge >= 0.3 is 0 Å². The van der Waals surface area contributed by atoms with E-state index in [1.165, 1.54) is 0 Å². The largest absolute Gasteiger partial charge is 0.325 e. The van der Waals surface area contributed by atoms with E-state index >= 15 is 0 Å². The molecule has 0 radical (unpaired) electrons. The average molecular weight is 254 g/mol. The first-order valence-electron chi connectivity index (χ1n) is 5.96. The number of nitriles is 1. The fourth-order valence-electron chi connectivity index (χ4n) is 1.82. The molecule has 5 nitrogen and oxygen atoms in total. The molecule has 0 fully saturated rings. The first-order valence-corrected chi connectivity index (χ1v) is 5.96. The predicted molar refractivity (Wildman–Crippen MR) is 73.4 cm³/mol. The van der Waals surface area contributed by atoms with Gasteiger partial charge in [-0.2, -0.15) is 5.26 Å². The monoisotopic (exact) mass is 254 g/mol. The summed E-state index contributed by atoms with van der Waals surface area (Å²) < 4.78 is 1.59. The number of nitrogens with zero attached hydrogens (tertiary/aromatic N) is 4. The van der Waals surface area contributed by atoms with E-state index in [0.29, 0.717) is 17.9 Å². The van der Waals surface area contributed by atoms with Crippen molar-refractivity contribution in [2.75, 3.05) is 11.9 Å². The third-order valence-corrected chi connectivity index (χ3v) is 2.92. The first kappa shape index (κ1) is 12.8. The summed E-state index contributed by atoms with van der Waals surface area (Å²) >= 11 is 0. The second-order valence-corrected chi connectivity index (χ2v) is 4.06. The molecule has 19 heavy (non-hydrogen) atoms. The number of aryl methyl sites for hydroxylation is 1. The Morgan fingerprint density at radius 2 is 2.26 bits per heavy atom. The van der Waals surface area contributed by atoms with Crippen molar-refractivity contribution in [1.82, 2.24) is 9.55 Å². The molecule has 1 aromatic carbocycles. The molecule has 0 atom stereocenters. The van der Waals surface area contributed by atoms with E-state index in [2.05, 4.69) is 11.1 Å². The van der Waals surface area contributed by atoms with Crippen molar-refractivity contribution in [1.29, 1.82) is 5.26 Å². The van der Waals surface area contributed by atoms with Crippen LogP contribution in [-0.2, 0) is 6.54 Å². The van der Waals surface area contributed by atoms with Crippen LogP contribution in [0.4, 0.5) is 11.5 Å². The minimum Gasteiger partial charge on any atom is -0.325 e. The minimum atomic E-state index is -0.144. The lowest BCUT2D eigenvalue weighted by atomic mass is 10.2. The number of rotatable bonds is 3. The Kier molecular flexibility index (Phi) is 3.62. The summed E-state index contributed by atoms with van der Waals surface area (Å²) in [6.45, 7) is 2.50. The van der Waals surface area contributed by atoms with E-state index in [-0.39, 0.29) is 5.56 Å². The summed E-state index contributed by atoms with van der Waals surface area (Å²) in [5, 5.41) is 8.90. The Bertz CT molecular complexity index is 684. The number of hydrogen-bond donors (Lipinski definition) is 0. The third kappa shape index (κ3) is 2.47. The fraction of sp³-hybridized carbons (Fsp3) is 0.214. The van der Waals surface area contributed by atoms with Crippen LogP contribution in [0.15, 0.2) is 41.5 Å². The molecule has 2 rings (SSSR count). The Balaban J connectivity index is 2.47. The summed E-state index contributed by atoms with van der Waals surface area (Å²) in [6, 6.07) is 9.15. The average Bonchev–Trinajstić information content (AvgIpc) is 2.47. The second-order valence-electron chi connectivity index (χ2n) is 4.06. The second kappa shape index (κ2) is 5.36. The van der Waals surface area contributed by atoms with Gasteiger partial charge in [-0.15, -0.1) is 0 Å². The molecule has 0 aliphatic carbocycles. The quantitative estimate of drug-likeness (QED) is 0.839. The van der Waals surface area contributed by atoms with Crippen LogP contribution in [0.25, 0.3) is 0 Å². The van der Waals surface area contributed by atoms with Gasteiger partial charge in [-0.3, -0.25) is 4.79 Å². The Labute approximate surface area is 111 Å². The lowest BCUT2D eigenvalue weighted by Crippen LogP contribution is -2.27. The SMILES string of the molecule is CCn1ccnc(N(C)c2cccc(C#N)c2)c1=O. The molecule has 0 aliphatic rings. The van der Waals surface area contributed by atoms with Crippen LogP contribution in [0.5, 0.6) is 0 Å². The lowest BCUT2D eigenvalue weighted by molar-refractivity contribution is 0.716. The maximum atomic E-state index is 12.2. The highest BCUT2D eigenvalue weighted by Gasteiger charge is 2.11. The molecule has 1 heterocycles. The zero-order chi connectivity index (χ0) is 13.8. The highest BCUT2D eigenvalue weighted by molar-refractivity contribution is 5.60. The molecule has 0 amide bonds. The summed E-state index contributed by atoms with van der Waals surface area (Å²) in [5.74, 6) is 0.347. The van der Waals surface area contributed by atoms with Crippen LogP contribution in [0, 0.1) is 11.3 Å². The van der Waals surface area contributed by atoms with Crippen molar-refractivity contribution >= 4 is 11.5 Å². The number of benzene rings is 1. The third-order valence-electron chi connectivity index (χ3n) is 2.92. The lowest BCUT2D eigenvalue weighted by Gasteiger charge is -2.18. The van der Waals surface area contributed by atoms with Gasteiger partial charge in [0.15, 0.2) is 5.82 Å². The van der Waals surface area contributed by atoms with Crippen molar-refractivity contribution in [3.63, 3.8) is 0 Å². The highest BCUT2D eigenvalue weighted by Crippen LogP contribution is 2.19. The normalized spacial score (nSPS) is 9.95. The molecule has 1 aromatic heterocycles. The zero-order valence-electron chi connectivity index (χ0n) is 10.9. The first-order chi connectivity index (χ1) is 9.17. The molecule has 0 spiro atoms. The zero-order valence-corrected chi connectivity index (χ0v) is 10.9. The molecule has 2 aromatic rings. The summed E-state index contributed by atoms with van der Waals surface area (Å²) in [4.78, 5) is 18.0. The van der Waals surface area contributed by atoms with E-state index in [4.69, 9.17) is 5.26 Å². The van der Waals surface area contributed by atoms with Gasteiger partial charge in [-0.25, -0.2) is 4.98 Å². The van der Waals surface area contributed by atoms with Gasteiger partial charge in [-0.1, -0.05) is 6.07 Å². The minimum absolute atomic E-state index is 0.144. The van der Waals surface area contributed by atoms with Crippen LogP contribution in [0.2, 0.25) is 0 Å². The summed E-state index contributed by atoms with van der Waals surface area (Å²) in [5.41, 5.74) is 1.17. The molecular formula is C14H14N4O. The van der Waals surface area contributed by atoms with E-state index < -0.39 is 0 Å². The number of aromatic nitrogens is 2. The van der Waals surface area contributed by atoms with Gasteiger partial charge in [0.05, 0.1) is 11.6 Å². The van der Waals surface area contributed by atoms with E-state index in [0.717, 1.165) is 5.69 Å².